The first-order valence-electron chi connectivity index (χ1n) is 8.83. The maximum absolute atomic E-state index is 12.7. The lowest BCUT2D eigenvalue weighted by atomic mass is 10.1. The molecule has 0 unspecified atom stereocenters. The molecule has 2 fully saturated rings. The standard InChI is InChI=1S/C19H24N2O3/c1-2-20(16-5-3-4-6-16)19(24)15-9-7-14(8-10-15)13-21-17(22)11-12-18(21)23/h7-10,16H,2-6,11-13H2,1H3. The van der Waals surface area contributed by atoms with E-state index in [2.05, 4.69) is 0 Å². The zero-order valence-corrected chi connectivity index (χ0v) is 14.2. The van der Waals surface area contributed by atoms with Crippen molar-refractivity contribution in [2.45, 2.75) is 58.0 Å². The predicted octanol–water partition coefficient (Wildman–Crippen LogP) is 2.74. The highest BCUT2D eigenvalue weighted by molar-refractivity contribution is 6.01. The Morgan fingerprint density at radius 2 is 1.67 bits per heavy atom. The Hall–Kier alpha value is -2.17. The van der Waals surface area contributed by atoms with E-state index < -0.39 is 0 Å². The molecular formula is C19H24N2O3. The average molecular weight is 328 g/mol. The smallest absolute Gasteiger partial charge is 0.254 e. The van der Waals surface area contributed by atoms with E-state index >= 15 is 0 Å². The molecule has 1 aromatic carbocycles. The van der Waals surface area contributed by atoms with Gasteiger partial charge in [-0.25, -0.2) is 0 Å². The molecule has 3 rings (SSSR count). The van der Waals surface area contributed by atoms with Crippen LogP contribution in [0.2, 0.25) is 0 Å². The van der Waals surface area contributed by atoms with Crippen molar-refractivity contribution in [2.75, 3.05) is 6.54 Å². The van der Waals surface area contributed by atoms with Gasteiger partial charge in [-0.15, -0.1) is 0 Å². The second kappa shape index (κ2) is 7.16. The van der Waals surface area contributed by atoms with Crippen LogP contribution in [-0.4, -0.2) is 40.1 Å². The van der Waals surface area contributed by atoms with Crippen LogP contribution >= 0.6 is 0 Å². The number of imide groups is 1. The first-order valence-corrected chi connectivity index (χ1v) is 8.83. The zero-order valence-electron chi connectivity index (χ0n) is 14.2. The largest absolute Gasteiger partial charge is 0.336 e. The van der Waals surface area contributed by atoms with Gasteiger partial charge in [-0.2, -0.15) is 0 Å². The molecule has 0 spiro atoms. The minimum atomic E-state index is -0.112. The van der Waals surface area contributed by atoms with Crippen LogP contribution in [0.4, 0.5) is 0 Å². The summed E-state index contributed by atoms with van der Waals surface area (Å²) in [5.41, 5.74) is 1.55. The number of benzene rings is 1. The van der Waals surface area contributed by atoms with Crippen molar-refractivity contribution in [1.82, 2.24) is 9.80 Å². The number of carbonyl (C=O) groups is 3. The Morgan fingerprint density at radius 1 is 1.08 bits per heavy atom. The van der Waals surface area contributed by atoms with Gasteiger partial charge in [-0.1, -0.05) is 25.0 Å². The van der Waals surface area contributed by atoms with Gasteiger partial charge in [0.25, 0.3) is 5.91 Å². The summed E-state index contributed by atoms with van der Waals surface area (Å²) in [6.07, 6.45) is 5.20. The summed E-state index contributed by atoms with van der Waals surface area (Å²) in [7, 11) is 0. The molecule has 1 aliphatic heterocycles. The van der Waals surface area contributed by atoms with Crippen molar-refractivity contribution in [2.24, 2.45) is 0 Å². The summed E-state index contributed by atoms with van der Waals surface area (Å²) < 4.78 is 0. The zero-order chi connectivity index (χ0) is 17.1. The Bertz CT molecular complexity index is 617. The molecule has 2 aliphatic rings. The van der Waals surface area contributed by atoms with Crippen molar-refractivity contribution in [3.63, 3.8) is 0 Å². The normalized spacial score (nSPS) is 18.5. The molecule has 3 amide bonds. The van der Waals surface area contributed by atoms with Crippen LogP contribution in [0.25, 0.3) is 0 Å². The minimum Gasteiger partial charge on any atom is -0.336 e. The summed E-state index contributed by atoms with van der Waals surface area (Å²) in [5.74, 6) is -0.152. The summed E-state index contributed by atoms with van der Waals surface area (Å²) in [5, 5.41) is 0. The molecule has 5 heteroatoms. The van der Waals surface area contributed by atoms with Gasteiger partial charge in [0.2, 0.25) is 11.8 Å². The maximum Gasteiger partial charge on any atom is 0.254 e. The van der Waals surface area contributed by atoms with Crippen LogP contribution in [0.15, 0.2) is 24.3 Å². The third-order valence-electron chi connectivity index (χ3n) is 5.06. The lowest BCUT2D eigenvalue weighted by molar-refractivity contribution is -0.139. The van der Waals surface area contributed by atoms with Gasteiger partial charge in [-0.3, -0.25) is 19.3 Å². The molecule has 0 radical (unpaired) electrons. The Balaban J connectivity index is 1.68. The number of amides is 3. The number of hydrogen-bond acceptors (Lipinski definition) is 3. The fourth-order valence-corrected chi connectivity index (χ4v) is 3.68. The van der Waals surface area contributed by atoms with Gasteiger partial charge < -0.3 is 4.90 Å². The fraction of sp³-hybridized carbons (Fsp3) is 0.526. The monoisotopic (exact) mass is 328 g/mol. The molecule has 0 aromatic heterocycles. The Kier molecular flexibility index (Phi) is 4.97. The van der Waals surface area contributed by atoms with Crippen LogP contribution in [0.5, 0.6) is 0 Å². The molecule has 1 saturated carbocycles. The molecule has 1 aliphatic carbocycles. The summed E-state index contributed by atoms with van der Waals surface area (Å²) >= 11 is 0. The number of nitrogens with zero attached hydrogens (tertiary/aromatic N) is 2. The van der Waals surface area contributed by atoms with Gasteiger partial charge in [-0.05, 0) is 37.5 Å². The van der Waals surface area contributed by atoms with E-state index in [4.69, 9.17) is 0 Å². The van der Waals surface area contributed by atoms with Crippen LogP contribution in [0, 0.1) is 0 Å². The van der Waals surface area contributed by atoms with Crippen molar-refractivity contribution < 1.29 is 14.4 Å². The molecule has 1 heterocycles. The predicted molar refractivity (Wildman–Crippen MR) is 90.2 cm³/mol. The molecule has 0 N–H and O–H groups in total. The van der Waals surface area contributed by atoms with Crippen molar-refractivity contribution in [3.8, 4) is 0 Å². The first kappa shape index (κ1) is 16.7. The molecule has 1 saturated heterocycles. The number of carbonyl (C=O) groups excluding carboxylic acids is 3. The van der Waals surface area contributed by atoms with E-state index in [1.165, 1.54) is 17.7 Å². The third kappa shape index (κ3) is 3.35. The lowest BCUT2D eigenvalue weighted by Crippen LogP contribution is -2.38. The SMILES string of the molecule is CCN(C(=O)c1ccc(CN2C(=O)CCC2=O)cc1)C1CCCC1. The fourth-order valence-electron chi connectivity index (χ4n) is 3.68. The second-order valence-corrected chi connectivity index (χ2v) is 6.60. The molecule has 0 bridgehead atoms. The van der Waals surface area contributed by atoms with E-state index in [-0.39, 0.29) is 17.7 Å². The summed E-state index contributed by atoms with van der Waals surface area (Å²) in [6, 6.07) is 7.66. The number of hydrogen-bond donors (Lipinski definition) is 0. The molecule has 24 heavy (non-hydrogen) atoms. The molecule has 128 valence electrons. The summed E-state index contributed by atoms with van der Waals surface area (Å²) in [4.78, 5) is 39.4. The highest BCUT2D eigenvalue weighted by Crippen LogP contribution is 2.25. The van der Waals surface area contributed by atoms with Gasteiger partial charge >= 0.3 is 0 Å². The first-order chi connectivity index (χ1) is 11.6. The van der Waals surface area contributed by atoms with Crippen LogP contribution in [0.1, 0.15) is 61.4 Å². The highest BCUT2D eigenvalue weighted by Gasteiger charge is 2.29. The van der Waals surface area contributed by atoms with E-state index in [1.54, 1.807) is 12.1 Å². The number of rotatable bonds is 5. The third-order valence-corrected chi connectivity index (χ3v) is 5.06. The van der Waals surface area contributed by atoms with Crippen LogP contribution in [-0.2, 0) is 16.1 Å². The van der Waals surface area contributed by atoms with Gasteiger partial charge in [0.1, 0.15) is 0 Å². The van der Waals surface area contributed by atoms with E-state index in [9.17, 15) is 14.4 Å². The highest BCUT2D eigenvalue weighted by atomic mass is 16.2. The molecule has 0 atom stereocenters. The number of likely N-dealkylation sites (tertiary alicyclic amines) is 1. The molecular weight excluding hydrogens is 304 g/mol. The van der Waals surface area contributed by atoms with E-state index in [1.807, 2.05) is 24.0 Å². The summed E-state index contributed by atoms with van der Waals surface area (Å²) in [6.45, 7) is 3.05. The lowest BCUT2D eigenvalue weighted by Gasteiger charge is -2.27. The molecule has 1 aromatic rings. The van der Waals surface area contributed by atoms with Gasteiger partial charge in [0.05, 0.1) is 6.54 Å². The quantitative estimate of drug-likeness (QED) is 0.781. The maximum atomic E-state index is 12.7. The second-order valence-electron chi connectivity index (χ2n) is 6.60. The van der Waals surface area contributed by atoms with Crippen molar-refractivity contribution in [3.05, 3.63) is 35.4 Å². The van der Waals surface area contributed by atoms with E-state index in [0.29, 0.717) is 31.0 Å². The van der Waals surface area contributed by atoms with Crippen molar-refractivity contribution in [1.29, 1.82) is 0 Å². The van der Waals surface area contributed by atoms with Crippen molar-refractivity contribution >= 4 is 17.7 Å². The topological polar surface area (TPSA) is 57.7 Å². The Labute approximate surface area is 142 Å². The Morgan fingerprint density at radius 3 is 2.21 bits per heavy atom. The van der Waals surface area contributed by atoms with Gasteiger partial charge in [0, 0.05) is 31.0 Å². The van der Waals surface area contributed by atoms with E-state index in [0.717, 1.165) is 24.9 Å². The average Bonchev–Trinajstić information content (AvgIpc) is 3.22. The van der Waals surface area contributed by atoms with Gasteiger partial charge in [0.15, 0.2) is 0 Å². The van der Waals surface area contributed by atoms with Crippen LogP contribution < -0.4 is 0 Å². The molecule has 5 nitrogen and oxygen atoms in total. The minimum absolute atomic E-state index is 0.0734. The van der Waals surface area contributed by atoms with Crippen LogP contribution in [0.3, 0.4) is 0 Å².